The van der Waals surface area contributed by atoms with Crippen molar-refractivity contribution < 1.29 is 9.15 Å². The van der Waals surface area contributed by atoms with Gasteiger partial charge >= 0.3 is 0 Å². The van der Waals surface area contributed by atoms with Crippen molar-refractivity contribution in [3.05, 3.63) is 197 Å². The second kappa shape index (κ2) is 10.8. The number of allylic oxidation sites excluding steroid dienone is 3. The van der Waals surface area contributed by atoms with Crippen LogP contribution in [-0.4, -0.2) is 11.9 Å². The molecule has 4 heteroatoms. The summed E-state index contributed by atoms with van der Waals surface area (Å²) in [5, 5.41) is 6.07. The quantitative estimate of drug-likeness (QED) is 0.206. The number of nitrogens with one attached hydrogen (secondary N) is 1. The van der Waals surface area contributed by atoms with Crippen LogP contribution in [0.1, 0.15) is 46.2 Å². The van der Waals surface area contributed by atoms with Gasteiger partial charge in [0.2, 0.25) is 0 Å². The van der Waals surface area contributed by atoms with Crippen molar-refractivity contribution in [1.82, 2.24) is 5.32 Å². The summed E-state index contributed by atoms with van der Waals surface area (Å²) in [4.78, 5) is 5.30. The van der Waals surface area contributed by atoms with E-state index in [4.69, 9.17) is 14.1 Å². The van der Waals surface area contributed by atoms with Crippen LogP contribution in [0.15, 0.2) is 173 Å². The molecule has 11 rings (SSSR count). The average Bonchev–Trinajstić information content (AvgIpc) is 3.72. The number of para-hydroxylation sites is 2. The summed E-state index contributed by atoms with van der Waals surface area (Å²) in [5.41, 5.74) is 13.8. The number of aliphatic imine (C=N–C) groups is 1. The van der Waals surface area contributed by atoms with Crippen LogP contribution in [0.5, 0.6) is 11.5 Å². The lowest BCUT2D eigenvalue weighted by molar-refractivity contribution is 0.436. The van der Waals surface area contributed by atoms with Gasteiger partial charge in [-0.2, -0.15) is 0 Å². The summed E-state index contributed by atoms with van der Waals surface area (Å²) < 4.78 is 13.0. The molecule has 0 fully saturated rings. The minimum atomic E-state index is -0.528. The molecule has 4 aliphatic rings. The summed E-state index contributed by atoms with van der Waals surface area (Å²) in [6.07, 6.45) is 10.8. The van der Waals surface area contributed by atoms with E-state index in [2.05, 4.69) is 151 Å². The Balaban J connectivity index is 1.11. The second-order valence-electron chi connectivity index (χ2n) is 13.8. The van der Waals surface area contributed by atoms with Crippen LogP contribution in [0.4, 0.5) is 0 Å². The van der Waals surface area contributed by atoms with E-state index < -0.39 is 5.41 Å². The molecular weight excluding hydrogens is 625 g/mol. The molecule has 0 saturated heterocycles. The lowest BCUT2D eigenvalue weighted by atomic mass is 9.66. The summed E-state index contributed by atoms with van der Waals surface area (Å²) >= 11 is 0. The smallest absolute Gasteiger partial charge is 0.145 e. The number of hydrogen-bond donors (Lipinski definition) is 1. The number of hydrogen-bond acceptors (Lipinski definition) is 4. The van der Waals surface area contributed by atoms with Crippen LogP contribution >= 0.6 is 0 Å². The highest BCUT2D eigenvalue weighted by molar-refractivity contribution is 6.15. The number of benzene rings is 6. The summed E-state index contributed by atoms with van der Waals surface area (Å²) in [5.74, 6) is 1.77. The fourth-order valence-electron chi connectivity index (χ4n) is 8.76. The van der Waals surface area contributed by atoms with Crippen molar-refractivity contribution in [2.75, 3.05) is 0 Å². The minimum absolute atomic E-state index is 0.224. The van der Waals surface area contributed by atoms with Gasteiger partial charge in [0.05, 0.1) is 11.1 Å². The highest BCUT2D eigenvalue weighted by Crippen LogP contribution is 2.62. The van der Waals surface area contributed by atoms with Gasteiger partial charge in [-0.3, -0.25) is 4.99 Å². The first-order valence-electron chi connectivity index (χ1n) is 17.7. The molecule has 1 N–H and O–H groups in total. The third kappa shape index (κ3) is 4.11. The molecule has 6 aromatic carbocycles. The molecule has 0 amide bonds. The molecule has 2 aliphatic carbocycles. The molecule has 2 aliphatic heterocycles. The van der Waals surface area contributed by atoms with Gasteiger partial charge in [0.15, 0.2) is 0 Å². The Morgan fingerprint density at radius 3 is 2.14 bits per heavy atom. The number of furan rings is 1. The normalized spacial score (nSPS) is 17.8. The van der Waals surface area contributed by atoms with Gasteiger partial charge in [0, 0.05) is 33.2 Å². The fraction of sp³-hybridized carbons (Fsp3) is 0.0851. The number of nitrogens with zero attached hydrogens (tertiary/aromatic N) is 1. The highest BCUT2D eigenvalue weighted by Gasteiger charge is 2.51. The molecule has 1 spiro atoms. The summed E-state index contributed by atoms with van der Waals surface area (Å²) in [6.45, 7) is 0. The molecule has 242 valence electrons. The van der Waals surface area contributed by atoms with E-state index in [0.717, 1.165) is 79.9 Å². The summed E-state index contributed by atoms with van der Waals surface area (Å²) in [7, 11) is 0. The minimum Gasteiger partial charge on any atom is -0.457 e. The third-order valence-corrected chi connectivity index (χ3v) is 11.0. The van der Waals surface area contributed by atoms with Gasteiger partial charge in [-0.1, -0.05) is 109 Å². The molecule has 51 heavy (non-hydrogen) atoms. The SMILES string of the molecule is C1=CC(C2N=C(c3ccc4c(c3)oc3ccccc34)C=C(c3ccc4c(c3)C3(c5ccccc5O4)c4ccccc4-c4ccccc43)N2)=CCC1. The number of ether oxygens (including phenoxy) is 1. The van der Waals surface area contributed by atoms with E-state index in [1.807, 2.05) is 12.1 Å². The van der Waals surface area contributed by atoms with Crippen molar-refractivity contribution in [2.24, 2.45) is 4.99 Å². The van der Waals surface area contributed by atoms with E-state index in [-0.39, 0.29) is 6.17 Å². The Morgan fingerprint density at radius 1 is 0.608 bits per heavy atom. The molecule has 0 saturated carbocycles. The Labute approximate surface area is 295 Å². The van der Waals surface area contributed by atoms with Crippen LogP contribution in [-0.2, 0) is 5.41 Å². The predicted octanol–water partition coefficient (Wildman–Crippen LogP) is 11.1. The topological polar surface area (TPSA) is 46.8 Å². The van der Waals surface area contributed by atoms with Crippen LogP contribution in [0.2, 0.25) is 0 Å². The predicted molar refractivity (Wildman–Crippen MR) is 205 cm³/mol. The van der Waals surface area contributed by atoms with Gasteiger partial charge in [0.1, 0.15) is 28.8 Å². The third-order valence-electron chi connectivity index (χ3n) is 11.0. The van der Waals surface area contributed by atoms with E-state index in [1.54, 1.807) is 0 Å². The average molecular weight is 657 g/mol. The second-order valence-corrected chi connectivity index (χ2v) is 13.8. The molecule has 1 aromatic heterocycles. The Morgan fingerprint density at radius 2 is 1.31 bits per heavy atom. The first-order valence-corrected chi connectivity index (χ1v) is 17.7. The number of rotatable bonds is 3. The van der Waals surface area contributed by atoms with Crippen molar-refractivity contribution in [1.29, 1.82) is 0 Å². The Bertz CT molecular complexity index is 2680. The zero-order chi connectivity index (χ0) is 33.5. The maximum Gasteiger partial charge on any atom is 0.145 e. The largest absolute Gasteiger partial charge is 0.457 e. The van der Waals surface area contributed by atoms with Gasteiger partial charge in [0.25, 0.3) is 0 Å². The molecule has 3 heterocycles. The monoisotopic (exact) mass is 656 g/mol. The van der Waals surface area contributed by atoms with Crippen molar-refractivity contribution in [3.63, 3.8) is 0 Å². The molecule has 1 unspecified atom stereocenters. The molecule has 0 bridgehead atoms. The molecule has 0 radical (unpaired) electrons. The van der Waals surface area contributed by atoms with E-state index in [9.17, 15) is 0 Å². The van der Waals surface area contributed by atoms with Gasteiger partial charge < -0.3 is 14.5 Å². The Hall–Kier alpha value is -6.39. The molecular formula is C47H32N2O2. The van der Waals surface area contributed by atoms with Crippen LogP contribution < -0.4 is 10.1 Å². The van der Waals surface area contributed by atoms with Gasteiger partial charge in [-0.25, -0.2) is 0 Å². The van der Waals surface area contributed by atoms with Crippen molar-refractivity contribution in [2.45, 2.75) is 24.4 Å². The lowest BCUT2D eigenvalue weighted by Gasteiger charge is -2.39. The fourth-order valence-corrected chi connectivity index (χ4v) is 8.76. The van der Waals surface area contributed by atoms with Crippen molar-refractivity contribution in [3.8, 4) is 22.6 Å². The van der Waals surface area contributed by atoms with E-state index in [1.165, 1.54) is 27.8 Å². The van der Waals surface area contributed by atoms with Crippen LogP contribution in [0.3, 0.4) is 0 Å². The number of fused-ring (bicyclic) bond motifs is 12. The standard InChI is InChI=1S/C47H32N2O2/c1-2-12-29(13-3-1)46-48-40(28-41(49-46)31-22-24-35-34-16-6-10-20-42(34)50-45(35)27-31)30-23-25-44-39(26-30)47(38-19-9-11-21-43(38)51-44)36-17-7-4-14-32(36)33-15-5-8-18-37(33)47/h2,4-28,46,48H,1,3H2. The van der Waals surface area contributed by atoms with E-state index >= 15 is 0 Å². The van der Waals surface area contributed by atoms with E-state index in [0.29, 0.717) is 0 Å². The van der Waals surface area contributed by atoms with Crippen LogP contribution in [0, 0.1) is 0 Å². The first-order chi connectivity index (χ1) is 25.3. The molecule has 4 nitrogen and oxygen atoms in total. The zero-order valence-corrected chi connectivity index (χ0v) is 27.8. The van der Waals surface area contributed by atoms with Crippen molar-refractivity contribution >= 4 is 33.3 Å². The van der Waals surface area contributed by atoms with Crippen LogP contribution in [0.25, 0.3) is 38.8 Å². The maximum absolute atomic E-state index is 6.72. The maximum atomic E-state index is 6.72. The first kappa shape index (κ1) is 28.4. The highest BCUT2D eigenvalue weighted by atomic mass is 16.5. The molecule has 7 aromatic rings. The zero-order valence-electron chi connectivity index (χ0n) is 27.8. The molecule has 1 atom stereocenters. The lowest BCUT2D eigenvalue weighted by Crippen LogP contribution is -2.34. The Kier molecular flexibility index (Phi) is 6.03. The summed E-state index contributed by atoms with van der Waals surface area (Å²) in [6, 6.07) is 47.6. The van der Waals surface area contributed by atoms with Gasteiger partial charge in [-0.05, 0) is 94.8 Å². The van der Waals surface area contributed by atoms with Gasteiger partial charge in [-0.15, -0.1) is 0 Å².